The van der Waals surface area contributed by atoms with Gasteiger partial charge in [0, 0.05) is 35.1 Å². The molecule has 1 aromatic heterocycles. The van der Waals surface area contributed by atoms with Gasteiger partial charge in [-0.15, -0.1) is 10.1 Å². The van der Waals surface area contributed by atoms with E-state index in [4.69, 9.17) is 16.7 Å². The van der Waals surface area contributed by atoms with Gasteiger partial charge in [0.15, 0.2) is 0 Å². The van der Waals surface area contributed by atoms with Gasteiger partial charge in [0.1, 0.15) is 4.90 Å². The number of hydrogen-bond donors (Lipinski definition) is 0. The number of sulfonamides is 1. The Morgan fingerprint density at radius 3 is 2.16 bits per heavy atom. The van der Waals surface area contributed by atoms with E-state index < -0.39 is 21.8 Å². The van der Waals surface area contributed by atoms with Crippen molar-refractivity contribution in [1.82, 2.24) is 5.01 Å². The molecule has 0 radical (unpaired) electrons. The Hall–Kier alpha value is -4.22. The van der Waals surface area contributed by atoms with Crippen LogP contribution in [0.25, 0.3) is 0 Å². The van der Waals surface area contributed by atoms with Crippen molar-refractivity contribution < 1.29 is 26.2 Å². The molecule has 0 saturated carbocycles. The predicted octanol–water partition coefficient (Wildman–Crippen LogP) is 6.20. The molecular formula is C31H28ClF3N5O2S+. The minimum absolute atomic E-state index is 0.0248. The Balaban J connectivity index is 1.64. The lowest BCUT2D eigenvalue weighted by molar-refractivity contribution is -0.565. The Bertz CT molecular complexity index is 1740. The molecule has 2 heterocycles. The Labute approximate surface area is 253 Å². The summed E-state index contributed by atoms with van der Waals surface area (Å²) in [6, 6.07) is 24.0. The summed E-state index contributed by atoms with van der Waals surface area (Å²) in [6.45, 7) is 0.320. The van der Waals surface area contributed by atoms with Gasteiger partial charge in [-0.25, -0.2) is 4.57 Å². The third-order valence-corrected chi connectivity index (χ3v) is 8.52. The van der Waals surface area contributed by atoms with Gasteiger partial charge < -0.3 is 4.90 Å². The number of rotatable bonds is 5. The highest BCUT2D eigenvalue weighted by molar-refractivity contribution is 7.90. The van der Waals surface area contributed by atoms with E-state index in [1.54, 1.807) is 36.7 Å². The molecule has 1 unspecified atom stereocenters. The van der Waals surface area contributed by atoms with E-state index >= 15 is 0 Å². The summed E-state index contributed by atoms with van der Waals surface area (Å²) in [6.07, 6.45) is -0.688. The van der Waals surface area contributed by atoms with Crippen LogP contribution >= 0.6 is 11.6 Å². The SMILES string of the molecule is CN(C)c1cc[n+](/C(=N/S(=O)(=O)c2ccc(C(F)(F)F)cc2)N2CCC(c3ccccc3)C(c3ccc(Cl)cc3)=N2)cc1. The fourth-order valence-corrected chi connectivity index (χ4v) is 5.84. The molecule has 0 spiro atoms. The van der Waals surface area contributed by atoms with Crippen LogP contribution in [0.2, 0.25) is 5.02 Å². The zero-order chi connectivity index (χ0) is 30.8. The first-order valence-electron chi connectivity index (χ1n) is 13.3. The van der Waals surface area contributed by atoms with Crippen LogP contribution in [0.15, 0.2) is 118 Å². The number of hydrazone groups is 1. The molecule has 1 aliphatic heterocycles. The molecule has 1 aliphatic rings. The number of halogens is 4. The van der Waals surface area contributed by atoms with Crippen LogP contribution in [0.5, 0.6) is 0 Å². The molecule has 0 aliphatic carbocycles. The molecule has 0 fully saturated rings. The van der Waals surface area contributed by atoms with Crippen molar-refractivity contribution in [1.29, 1.82) is 0 Å². The maximum Gasteiger partial charge on any atom is 0.434 e. The van der Waals surface area contributed by atoms with Crippen LogP contribution in [-0.2, 0) is 16.2 Å². The maximum atomic E-state index is 13.5. The first-order chi connectivity index (χ1) is 20.4. The second-order valence-corrected chi connectivity index (χ2v) is 12.2. The normalized spacial score (nSPS) is 16.1. The third kappa shape index (κ3) is 6.89. The molecule has 222 valence electrons. The molecule has 4 aromatic rings. The average molecular weight is 627 g/mol. The largest absolute Gasteiger partial charge is 0.434 e. The molecule has 1 atom stereocenters. The smallest absolute Gasteiger partial charge is 0.377 e. The van der Waals surface area contributed by atoms with Crippen molar-refractivity contribution in [2.45, 2.75) is 23.4 Å². The van der Waals surface area contributed by atoms with Gasteiger partial charge in [-0.2, -0.15) is 21.6 Å². The van der Waals surface area contributed by atoms with Gasteiger partial charge >= 0.3 is 22.2 Å². The molecule has 0 amide bonds. The first-order valence-corrected chi connectivity index (χ1v) is 15.1. The molecule has 3 aromatic carbocycles. The van der Waals surface area contributed by atoms with Crippen molar-refractivity contribution >= 4 is 39.0 Å². The van der Waals surface area contributed by atoms with Crippen LogP contribution in [0.3, 0.4) is 0 Å². The summed E-state index contributed by atoms with van der Waals surface area (Å²) in [5, 5.41) is 7.01. The Morgan fingerprint density at radius 2 is 1.58 bits per heavy atom. The maximum absolute atomic E-state index is 13.5. The fraction of sp³-hybridized carbons (Fsp3) is 0.194. The van der Waals surface area contributed by atoms with Gasteiger partial charge in [0.2, 0.25) is 0 Å². The van der Waals surface area contributed by atoms with Crippen molar-refractivity contribution in [3.63, 3.8) is 0 Å². The molecule has 0 N–H and O–H groups in total. The van der Waals surface area contributed by atoms with E-state index in [0.717, 1.165) is 41.1 Å². The van der Waals surface area contributed by atoms with E-state index in [9.17, 15) is 21.6 Å². The molecule has 0 saturated heterocycles. The van der Waals surface area contributed by atoms with Gasteiger partial charge in [-0.1, -0.05) is 54.1 Å². The fourth-order valence-electron chi connectivity index (χ4n) is 4.73. The highest BCUT2D eigenvalue weighted by atomic mass is 35.5. The summed E-state index contributed by atoms with van der Waals surface area (Å²) in [7, 11) is -0.687. The zero-order valence-electron chi connectivity index (χ0n) is 23.3. The molecular weight excluding hydrogens is 599 g/mol. The third-order valence-electron chi connectivity index (χ3n) is 7.00. The predicted molar refractivity (Wildman–Crippen MR) is 161 cm³/mol. The standard InChI is InChI=1S/C31H28ClF3N5O2S/c1-38(2)26-16-19-39(20-17-26)30(37-43(41,42)27-14-10-24(11-15-27)31(33,34)35)40-21-18-28(22-6-4-3-5-7-22)29(36-40)23-8-12-25(32)13-9-23/h3-17,19-20,28H,18,21H2,1-2H3/q+1/b37-30-. The van der Waals surface area contributed by atoms with Crippen LogP contribution in [0.4, 0.5) is 18.9 Å². The number of benzene rings is 3. The minimum Gasteiger partial charge on any atom is -0.377 e. The van der Waals surface area contributed by atoms with E-state index in [0.29, 0.717) is 23.7 Å². The van der Waals surface area contributed by atoms with Gasteiger partial charge in [-0.05, 0) is 66.1 Å². The number of anilines is 1. The average Bonchev–Trinajstić information content (AvgIpc) is 3.00. The molecule has 7 nitrogen and oxygen atoms in total. The first kappa shape index (κ1) is 30.2. The Kier molecular flexibility index (Phi) is 8.57. The summed E-state index contributed by atoms with van der Waals surface area (Å²) in [5.74, 6) is -0.115. The quantitative estimate of drug-likeness (QED) is 0.150. The van der Waals surface area contributed by atoms with Crippen molar-refractivity contribution in [3.8, 4) is 0 Å². The summed E-state index contributed by atoms with van der Waals surface area (Å²) >= 11 is 6.16. The van der Waals surface area contributed by atoms with Crippen LogP contribution < -0.4 is 9.47 Å². The molecule has 0 bridgehead atoms. The molecule has 5 rings (SSSR count). The van der Waals surface area contributed by atoms with E-state index in [-0.39, 0.29) is 16.8 Å². The minimum atomic E-state index is -4.60. The number of pyridine rings is 1. The lowest BCUT2D eigenvalue weighted by Crippen LogP contribution is -2.53. The molecule has 43 heavy (non-hydrogen) atoms. The van der Waals surface area contributed by atoms with Crippen molar-refractivity contribution in [2.75, 3.05) is 25.5 Å². The van der Waals surface area contributed by atoms with Gasteiger partial charge in [0.05, 0.1) is 30.2 Å². The van der Waals surface area contributed by atoms with E-state index in [1.807, 2.05) is 61.5 Å². The molecule has 12 heteroatoms. The number of hydrogen-bond acceptors (Lipinski definition) is 4. The summed E-state index contributed by atoms with van der Waals surface area (Å²) in [5.41, 5.74) is 2.47. The second kappa shape index (κ2) is 12.2. The van der Waals surface area contributed by atoms with E-state index in [1.165, 1.54) is 9.58 Å². The summed E-state index contributed by atoms with van der Waals surface area (Å²) < 4.78 is 72.0. The highest BCUT2D eigenvalue weighted by Crippen LogP contribution is 2.32. The zero-order valence-corrected chi connectivity index (χ0v) is 24.9. The van der Waals surface area contributed by atoms with Gasteiger partial charge in [-0.3, -0.25) is 0 Å². The van der Waals surface area contributed by atoms with Crippen LogP contribution in [0, 0.1) is 0 Å². The highest BCUT2D eigenvalue weighted by Gasteiger charge is 2.36. The monoisotopic (exact) mass is 626 g/mol. The number of nitrogens with zero attached hydrogens (tertiary/aromatic N) is 5. The number of alkyl halides is 3. The van der Waals surface area contributed by atoms with Gasteiger partial charge in [0.25, 0.3) is 0 Å². The van der Waals surface area contributed by atoms with Crippen molar-refractivity contribution in [2.24, 2.45) is 9.50 Å². The van der Waals surface area contributed by atoms with Crippen LogP contribution in [0.1, 0.15) is 29.0 Å². The lowest BCUT2D eigenvalue weighted by atomic mass is 9.86. The van der Waals surface area contributed by atoms with E-state index in [2.05, 4.69) is 4.40 Å². The second-order valence-electron chi connectivity index (χ2n) is 10.1. The number of aromatic nitrogens is 1. The lowest BCUT2D eigenvalue weighted by Gasteiger charge is -2.27. The van der Waals surface area contributed by atoms with Crippen molar-refractivity contribution in [3.05, 3.63) is 125 Å². The Morgan fingerprint density at radius 1 is 0.953 bits per heavy atom. The summed E-state index contributed by atoms with van der Waals surface area (Å²) in [4.78, 5) is 1.52. The van der Waals surface area contributed by atoms with Crippen LogP contribution in [-0.4, -0.2) is 45.7 Å². The topological polar surface area (TPSA) is 69.2 Å².